The summed E-state index contributed by atoms with van der Waals surface area (Å²) in [6.45, 7) is 2.12. The molecule has 3 nitrogen and oxygen atoms in total. The van der Waals surface area contributed by atoms with Crippen molar-refractivity contribution in [1.29, 1.82) is 0 Å². The van der Waals surface area contributed by atoms with Crippen LogP contribution in [0.1, 0.15) is 52.5 Å². The summed E-state index contributed by atoms with van der Waals surface area (Å²) in [5, 5.41) is 0. The summed E-state index contributed by atoms with van der Waals surface area (Å²) in [5.41, 5.74) is 2.29. The number of aryl methyl sites for hydroxylation is 1. The van der Waals surface area contributed by atoms with Gasteiger partial charge in [-0.05, 0) is 36.5 Å². The van der Waals surface area contributed by atoms with Crippen molar-refractivity contribution in [2.45, 2.75) is 32.6 Å². The lowest BCUT2D eigenvalue weighted by molar-refractivity contribution is 0.0600. The van der Waals surface area contributed by atoms with Crippen LogP contribution in [0.5, 0.6) is 0 Å². The maximum Gasteiger partial charge on any atom is 0.337 e. The van der Waals surface area contributed by atoms with Gasteiger partial charge in [0, 0.05) is 12.0 Å². The Hall–Kier alpha value is -1.64. The van der Waals surface area contributed by atoms with Crippen molar-refractivity contribution < 1.29 is 14.3 Å². The SMILES string of the molecule is CCC1CCc2cc(C(=O)OC)ccc2C(=O)C1. The van der Waals surface area contributed by atoms with Crippen molar-refractivity contribution in [3.8, 4) is 0 Å². The van der Waals surface area contributed by atoms with Gasteiger partial charge in [-0.2, -0.15) is 0 Å². The molecule has 1 unspecified atom stereocenters. The number of ether oxygens (including phenoxy) is 1. The smallest absolute Gasteiger partial charge is 0.337 e. The summed E-state index contributed by atoms with van der Waals surface area (Å²) in [6.07, 6.45) is 3.54. The normalized spacial score (nSPS) is 19.0. The van der Waals surface area contributed by atoms with Crippen LogP contribution in [-0.4, -0.2) is 18.9 Å². The van der Waals surface area contributed by atoms with Crippen LogP contribution in [0.15, 0.2) is 18.2 Å². The molecule has 1 aliphatic rings. The number of esters is 1. The van der Waals surface area contributed by atoms with E-state index in [1.165, 1.54) is 7.11 Å². The van der Waals surface area contributed by atoms with Crippen LogP contribution in [0.3, 0.4) is 0 Å². The Morgan fingerprint density at radius 2 is 2.22 bits per heavy atom. The first-order valence-electron chi connectivity index (χ1n) is 6.40. The molecular weight excluding hydrogens is 228 g/mol. The van der Waals surface area contributed by atoms with Crippen LogP contribution in [0.2, 0.25) is 0 Å². The molecule has 0 saturated heterocycles. The van der Waals surface area contributed by atoms with E-state index < -0.39 is 0 Å². The summed E-state index contributed by atoms with van der Waals surface area (Å²) in [5.74, 6) is 0.318. The third kappa shape index (κ3) is 2.45. The molecule has 0 aromatic heterocycles. The van der Waals surface area contributed by atoms with Crippen LogP contribution in [0.25, 0.3) is 0 Å². The molecule has 96 valence electrons. The van der Waals surface area contributed by atoms with Gasteiger partial charge in [-0.1, -0.05) is 19.4 Å². The number of carbonyl (C=O) groups is 2. The fraction of sp³-hybridized carbons (Fsp3) is 0.467. The molecule has 1 aromatic rings. The second kappa shape index (κ2) is 5.34. The number of carbonyl (C=O) groups excluding carboxylic acids is 2. The van der Waals surface area contributed by atoms with Crippen molar-refractivity contribution in [2.24, 2.45) is 5.92 Å². The van der Waals surface area contributed by atoms with Gasteiger partial charge in [-0.3, -0.25) is 4.79 Å². The zero-order valence-electron chi connectivity index (χ0n) is 10.9. The number of fused-ring (bicyclic) bond motifs is 1. The van der Waals surface area contributed by atoms with Crippen LogP contribution >= 0.6 is 0 Å². The van der Waals surface area contributed by atoms with Gasteiger partial charge in [0.15, 0.2) is 5.78 Å². The number of rotatable bonds is 2. The first kappa shape index (κ1) is 12.8. The fourth-order valence-electron chi connectivity index (χ4n) is 2.50. The van der Waals surface area contributed by atoms with E-state index in [-0.39, 0.29) is 11.8 Å². The average Bonchev–Trinajstić information content (AvgIpc) is 2.56. The highest BCUT2D eigenvalue weighted by atomic mass is 16.5. The Morgan fingerprint density at radius 1 is 1.44 bits per heavy atom. The lowest BCUT2D eigenvalue weighted by Crippen LogP contribution is -2.07. The highest BCUT2D eigenvalue weighted by Gasteiger charge is 2.22. The maximum atomic E-state index is 12.1. The fourth-order valence-corrected chi connectivity index (χ4v) is 2.50. The minimum Gasteiger partial charge on any atom is -0.465 e. The van der Waals surface area contributed by atoms with Crippen molar-refractivity contribution >= 4 is 11.8 Å². The zero-order chi connectivity index (χ0) is 13.1. The van der Waals surface area contributed by atoms with E-state index in [0.717, 1.165) is 30.4 Å². The lowest BCUT2D eigenvalue weighted by atomic mass is 9.96. The molecule has 2 rings (SSSR count). The number of methoxy groups -OCH3 is 1. The molecule has 1 atom stereocenters. The summed E-state index contributed by atoms with van der Waals surface area (Å²) in [7, 11) is 1.37. The first-order chi connectivity index (χ1) is 8.65. The number of hydrogen-bond acceptors (Lipinski definition) is 3. The number of benzene rings is 1. The van der Waals surface area contributed by atoms with Crippen molar-refractivity contribution in [3.05, 3.63) is 34.9 Å². The lowest BCUT2D eigenvalue weighted by Gasteiger charge is -2.08. The van der Waals surface area contributed by atoms with E-state index in [0.29, 0.717) is 17.9 Å². The molecule has 0 fully saturated rings. The van der Waals surface area contributed by atoms with Crippen LogP contribution < -0.4 is 0 Å². The minimum absolute atomic E-state index is 0.200. The maximum absolute atomic E-state index is 12.1. The van der Waals surface area contributed by atoms with Crippen molar-refractivity contribution in [1.82, 2.24) is 0 Å². The Labute approximate surface area is 107 Å². The quantitative estimate of drug-likeness (QED) is 0.595. The van der Waals surface area contributed by atoms with E-state index in [9.17, 15) is 9.59 Å². The third-order valence-corrected chi connectivity index (χ3v) is 3.70. The van der Waals surface area contributed by atoms with Crippen molar-refractivity contribution in [3.63, 3.8) is 0 Å². The topological polar surface area (TPSA) is 43.4 Å². The Balaban J connectivity index is 2.34. The second-order valence-electron chi connectivity index (χ2n) is 4.80. The van der Waals surface area contributed by atoms with Gasteiger partial charge in [0.1, 0.15) is 0 Å². The molecule has 0 radical (unpaired) electrons. The molecule has 0 aliphatic heterocycles. The highest BCUT2D eigenvalue weighted by molar-refractivity contribution is 5.99. The van der Waals surface area contributed by atoms with Crippen LogP contribution in [0, 0.1) is 5.92 Å². The van der Waals surface area contributed by atoms with E-state index in [1.807, 2.05) is 0 Å². The molecule has 1 aromatic carbocycles. The third-order valence-electron chi connectivity index (χ3n) is 3.70. The van der Waals surface area contributed by atoms with Gasteiger partial charge < -0.3 is 4.74 Å². The molecule has 18 heavy (non-hydrogen) atoms. The van der Waals surface area contributed by atoms with Gasteiger partial charge in [-0.25, -0.2) is 4.79 Å². The first-order valence-corrected chi connectivity index (χ1v) is 6.40. The molecule has 0 saturated carbocycles. The van der Waals surface area contributed by atoms with Gasteiger partial charge in [0.05, 0.1) is 12.7 Å². The van der Waals surface area contributed by atoms with Gasteiger partial charge >= 0.3 is 5.97 Å². The average molecular weight is 246 g/mol. The van der Waals surface area contributed by atoms with E-state index in [1.54, 1.807) is 18.2 Å². The van der Waals surface area contributed by atoms with Gasteiger partial charge in [0.2, 0.25) is 0 Å². The molecular formula is C15H18O3. The molecule has 1 aliphatic carbocycles. The zero-order valence-corrected chi connectivity index (χ0v) is 10.9. The standard InChI is InChI=1S/C15H18O3/c1-3-10-4-5-11-9-12(15(17)18-2)6-7-13(11)14(16)8-10/h6-7,9-10H,3-5,8H2,1-2H3. The Morgan fingerprint density at radius 3 is 2.89 bits per heavy atom. The van der Waals surface area contributed by atoms with Gasteiger partial charge in [-0.15, -0.1) is 0 Å². The summed E-state index contributed by atoms with van der Waals surface area (Å²) >= 11 is 0. The molecule has 0 amide bonds. The molecule has 3 heteroatoms. The molecule has 0 spiro atoms. The van der Waals surface area contributed by atoms with E-state index in [2.05, 4.69) is 6.92 Å². The second-order valence-corrected chi connectivity index (χ2v) is 4.80. The number of hydrogen-bond donors (Lipinski definition) is 0. The largest absolute Gasteiger partial charge is 0.465 e. The van der Waals surface area contributed by atoms with Gasteiger partial charge in [0.25, 0.3) is 0 Å². The van der Waals surface area contributed by atoms with E-state index in [4.69, 9.17) is 4.74 Å². The molecule has 0 N–H and O–H groups in total. The number of Topliss-reactive ketones (excluding diaryl/α,β-unsaturated/α-hetero) is 1. The Kier molecular flexibility index (Phi) is 3.80. The molecule has 0 bridgehead atoms. The summed E-state index contributed by atoms with van der Waals surface area (Å²) in [4.78, 5) is 23.6. The van der Waals surface area contributed by atoms with E-state index >= 15 is 0 Å². The van der Waals surface area contributed by atoms with Crippen LogP contribution in [-0.2, 0) is 11.2 Å². The van der Waals surface area contributed by atoms with Crippen LogP contribution in [0.4, 0.5) is 0 Å². The predicted molar refractivity (Wildman–Crippen MR) is 68.8 cm³/mol. The predicted octanol–water partition coefficient (Wildman–Crippen LogP) is 3.02. The molecule has 0 heterocycles. The highest BCUT2D eigenvalue weighted by Crippen LogP contribution is 2.27. The Bertz CT molecular complexity index is 477. The summed E-state index contributed by atoms with van der Waals surface area (Å²) < 4.78 is 4.70. The monoisotopic (exact) mass is 246 g/mol. The minimum atomic E-state index is -0.346. The van der Waals surface area contributed by atoms with Crippen molar-refractivity contribution in [2.75, 3.05) is 7.11 Å². The summed E-state index contributed by atoms with van der Waals surface area (Å²) in [6, 6.07) is 5.24. The number of ketones is 1.